The van der Waals surface area contributed by atoms with E-state index in [9.17, 15) is 4.79 Å². The van der Waals surface area contributed by atoms with Gasteiger partial charge in [-0.1, -0.05) is 0 Å². The third-order valence-corrected chi connectivity index (χ3v) is 4.50. The molecule has 0 aliphatic heterocycles. The van der Waals surface area contributed by atoms with Gasteiger partial charge in [0.05, 0.1) is 0 Å². The first-order chi connectivity index (χ1) is 6.18. The number of hydrogen-bond acceptors (Lipinski definition) is 1. The van der Waals surface area contributed by atoms with E-state index < -0.39 is 5.97 Å². The van der Waals surface area contributed by atoms with E-state index in [0.29, 0.717) is 6.42 Å². The van der Waals surface area contributed by atoms with Crippen LogP contribution in [0.25, 0.3) is 0 Å². The molecule has 0 unspecified atom stereocenters. The Morgan fingerprint density at radius 3 is 2.54 bits per heavy atom. The Bertz CT molecular complexity index is 279. The van der Waals surface area contributed by atoms with Gasteiger partial charge in [-0.15, -0.1) is 0 Å². The number of hydrogen-bond donors (Lipinski definition) is 1. The van der Waals surface area contributed by atoms with Crippen LogP contribution in [0.2, 0.25) is 4.47 Å². The Morgan fingerprint density at radius 2 is 2.00 bits per heavy atom. The molecule has 0 heterocycles. The van der Waals surface area contributed by atoms with E-state index in [1.165, 1.54) is 9.17 Å². The van der Waals surface area contributed by atoms with Crippen LogP contribution >= 0.6 is 0 Å². The number of benzene rings is 1. The molecule has 0 radical (unpaired) electrons. The molecule has 1 aromatic rings. The van der Waals surface area contributed by atoms with E-state index in [1.54, 1.807) is 0 Å². The van der Waals surface area contributed by atoms with Gasteiger partial charge in [0.2, 0.25) is 0 Å². The maximum atomic E-state index is 10.3. The zero-order chi connectivity index (χ0) is 9.68. The van der Waals surface area contributed by atoms with E-state index >= 15 is 0 Å². The SMILES string of the molecule is Cc1ccc([Te]CCC(=O)O)cc1. The fourth-order valence-corrected chi connectivity index (χ4v) is 3.29. The summed E-state index contributed by atoms with van der Waals surface area (Å²) in [6.07, 6.45) is 0.316. The van der Waals surface area contributed by atoms with Gasteiger partial charge in [-0.05, 0) is 0 Å². The second-order valence-electron chi connectivity index (χ2n) is 2.81. The first-order valence-electron chi connectivity index (χ1n) is 4.10. The first kappa shape index (κ1) is 10.6. The van der Waals surface area contributed by atoms with Crippen molar-refractivity contribution in [2.24, 2.45) is 0 Å². The molecule has 3 heteroatoms. The van der Waals surface area contributed by atoms with Crippen LogP contribution in [0, 0.1) is 6.92 Å². The van der Waals surface area contributed by atoms with Crippen molar-refractivity contribution in [3.8, 4) is 0 Å². The average molecular weight is 292 g/mol. The molecule has 70 valence electrons. The Hall–Kier alpha value is -0.520. The van der Waals surface area contributed by atoms with Crippen LogP contribution < -0.4 is 3.61 Å². The van der Waals surface area contributed by atoms with E-state index in [2.05, 4.69) is 31.2 Å². The van der Waals surface area contributed by atoms with Gasteiger partial charge < -0.3 is 0 Å². The zero-order valence-corrected chi connectivity index (χ0v) is 9.82. The van der Waals surface area contributed by atoms with Crippen molar-refractivity contribution < 1.29 is 9.90 Å². The summed E-state index contributed by atoms with van der Waals surface area (Å²) < 4.78 is 2.20. The molecule has 1 N–H and O–H groups in total. The second kappa shape index (κ2) is 5.26. The molecule has 0 spiro atoms. The van der Waals surface area contributed by atoms with Crippen LogP contribution in [-0.4, -0.2) is 32.0 Å². The van der Waals surface area contributed by atoms with Gasteiger partial charge in [-0.25, -0.2) is 0 Å². The van der Waals surface area contributed by atoms with Gasteiger partial charge in [0, 0.05) is 0 Å². The fourth-order valence-electron chi connectivity index (χ4n) is 0.891. The molecule has 1 rings (SSSR count). The minimum absolute atomic E-state index is 0.274. The van der Waals surface area contributed by atoms with E-state index in [1.807, 2.05) is 0 Å². The van der Waals surface area contributed by atoms with Crippen LogP contribution in [-0.2, 0) is 4.79 Å². The predicted molar refractivity (Wildman–Crippen MR) is 53.6 cm³/mol. The van der Waals surface area contributed by atoms with Crippen molar-refractivity contribution in [1.82, 2.24) is 0 Å². The molecule has 0 bridgehead atoms. The Morgan fingerprint density at radius 1 is 1.38 bits per heavy atom. The molecule has 0 saturated heterocycles. The summed E-state index contributed by atoms with van der Waals surface area (Å²) >= 11 is -0.274. The Kier molecular flexibility index (Phi) is 4.27. The topological polar surface area (TPSA) is 37.3 Å². The molecule has 2 nitrogen and oxygen atoms in total. The predicted octanol–water partition coefficient (Wildman–Crippen LogP) is 1.22. The quantitative estimate of drug-likeness (QED) is 0.847. The van der Waals surface area contributed by atoms with Crippen molar-refractivity contribution in [2.45, 2.75) is 17.8 Å². The number of carbonyl (C=O) groups is 1. The zero-order valence-electron chi connectivity index (χ0n) is 7.49. The van der Waals surface area contributed by atoms with E-state index in [4.69, 9.17) is 5.11 Å². The summed E-state index contributed by atoms with van der Waals surface area (Å²) in [6.45, 7) is 2.06. The molecule has 0 aliphatic rings. The summed E-state index contributed by atoms with van der Waals surface area (Å²) in [5.41, 5.74) is 1.26. The molecule has 0 aliphatic carbocycles. The minimum atomic E-state index is -0.683. The number of carboxylic acids is 1. The normalized spacial score (nSPS) is 9.92. The van der Waals surface area contributed by atoms with Gasteiger partial charge in [-0.3, -0.25) is 0 Å². The standard InChI is InChI=1S/C10H12O2Te/c1-8-2-4-9(5-3-8)13-7-6-10(11)12/h2-5H,6-7H2,1H3,(H,11,12). The van der Waals surface area contributed by atoms with Gasteiger partial charge in [0.25, 0.3) is 0 Å². The molecular formula is C10H12O2Te. The molecular weight excluding hydrogens is 280 g/mol. The van der Waals surface area contributed by atoms with Crippen molar-refractivity contribution in [2.75, 3.05) is 0 Å². The summed E-state index contributed by atoms with van der Waals surface area (Å²) in [6, 6.07) is 8.39. The summed E-state index contributed by atoms with van der Waals surface area (Å²) in [7, 11) is 0. The number of rotatable bonds is 4. The summed E-state index contributed by atoms with van der Waals surface area (Å²) in [5, 5.41) is 8.46. The van der Waals surface area contributed by atoms with E-state index in [0.717, 1.165) is 4.47 Å². The van der Waals surface area contributed by atoms with Gasteiger partial charge in [0.1, 0.15) is 0 Å². The van der Waals surface area contributed by atoms with Gasteiger partial charge >= 0.3 is 88.0 Å². The van der Waals surface area contributed by atoms with Crippen LogP contribution in [0.5, 0.6) is 0 Å². The Balaban J connectivity index is 2.37. The second-order valence-corrected chi connectivity index (χ2v) is 6.14. The third kappa shape index (κ3) is 4.31. The number of aliphatic carboxylic acids is 1. The van der Waals surface area contributed by atoms with Crippen LogP contribution in [0.3, 0.4) is 0 Å². The first-order valence-corrected chi connectivity index (χ1v) is 6.91. The number of carboxylic acid groups (broad SMARTS) is 1. The van der Waals surface area contributed by atoms with Crippen molar-refractivity contribution in [3.05, 3.63) is 29.8 Å². The molecule has 13 heavy (non-hydrogen) atoms. The van der Waals surface area contributed by atoms with Gasteiger partial charge in [0.15, 0.2) is 0 Å². The van der Waals surface area contributed by atoms with E-state index in [-0.39, 0.29) is 20.9 Å². The Labute approximate surface area is 88.0 Å². The third-order valence-electron chi connectivity index (χ3n) is 1.61. The maximum absolute atomic E-state index is 10.3. The van der Waals surface area contributed by atoms with Crippen molar-refractivity contribution in [3.63, 3.8) is 0 Å². The number of aryl methyl sites for hydroxylation is 1. The van der Waals surface area contributed by atoms with Gasteiger partial charge in [-0.2, -0.15) is 0 Å². The molecule has 0 amide bonds. The molecule has 0 aromatic heterocycles. The van der Waals surface area contributed by atoms with Crippen molar-refractivity contribution >= 4 is 30.5 Å². The molecule has 0 fully saturated rings. The summed E-state index contributed by atoms with van der Waals surface area (Å²) in [4.78, 5) is 10.3. The summed E-state index contributed by atoms with van der Waals surface area (Å²) in [5.74, 6) is -0.683. The average Bonchev–Trinajstić information content (AvgIpc) is 2.08. The monoisotopic (exact) mass is 294 g/mol. The van der Waals surface area contributed by atoms with Crippen LogP contribution in [0.1, 0.15) is 12.0 Å². The molecule has 0 atom stereocenters. The van der Waals surface area contributed by atoms with Crippen molar-refractivity contribution in [1.29, 1.82) is 0 Å². The molecule has 0 saturated carbocycles. The van der Waals surface area contributed by atoms with Crippen LogP contribution in [0.4, 0.5) is 0 Å². The molecule has 1 aromatic carbocycles. The van der Waals surface area contributed by atoms with Crippen LogP contribution in [0.15, 0.2) is 24.3 Å². The fraction of sp³-hybridized carbons (Fsp3) is 0.300.